The first-order chi connectivity index (χ1) is 10.1. The molecule has 2 nitrogen and oxygen atoms in total. The first-order valence-electron chi connectivity index (χ1n) is 6.35. The second-order valence-electron chi connectivity index (χ2n) is 4.50. The maximum absolute atomic E-state index is 13.2. The van der Waals surface area contributed by atoms with Crippen molar-refractivity contribution in [1.29, 1.82) is 0 Å². The van der Waals surface area contributed by atoms with Gasteiger partial charge in [0.05, 0.1) is 19.6 Å². The molecule has 0 aliphatic rings. The Bertz CT molecular complexity index is 632. The van der Waals surface area contributed by atoms with E-state index < -0.39 is 17.0 Å². The van der Waals surface area contributed by atoms with Crippen LogP contribution >= 0.6 is 11.6 Å². The molecule has 0 aromatic heterocycles. The van der Waals surface area contributed by atoms with Gasteiger partial charge in [-0.3, -0.25) is 0 Å². The van der Waals surface area contributed by atoms with Crippen LogP contribution in [0.15, 0.2) is 36.4 Å². The molecule has 0 bridgehead atoms. The van der Waals surface area contributed by atoms with E-state index in [4.69, 9.17) is 21.1 Å². The van der Waals surface area contributed by atoms with Gasteiger partial charge in [0, 0.05) is 5.56 Å². The molecule has 2 rings (SSSR count). The smallest absolute Gasteiger partial charge is 0.165 e. The second kappa shape index (κ2) is 6.76. The molecule has 5 heteroatoms. The Labute approximate surface area is 127 Å². The third-order valence-electron chi connectivity index (χ3n) is 3.17. The predicted octanol–water partition coefficient (Wildman–Crippen LogP) is 4.50. The number of benzene rings is 2. The Morgan fingerprint density at radius 2 is 1.81 bits per heavy atom. The van der Waals surface area contributed by atoms with Crippen molar-refractivity contribution >= 4 is 11.6 Å². The molecule has 2 aromatic carbocycles. The molecular weight excluding hydrogens is 298 g/mol. The zero-order valence-corrected chi connectivity index (χ0v) is 12.5. The Morgan fingerprint density at radius 3 is 2.43 bits per heavy atom. The summed E-state index contributed by atoms with van der Waals surface area (Å²) < 4.78 is 36.7. The maximum Gasteiger partial charge on any atom is 0.165 e. The van der Waals surface area contributed by atoms with Gasteiger partial charge in [0.25, 0.3) is 0 Å². The van der Waals surface area contributed by atoms with Crippen molar-refractivity contribution in [3.8, 4) is 11.5 Å². The van der Waals surface area contributed by atoms with Crippen LogP contribution < -0.4 is 9.47 Å². The number of rotatable bonds is 5. The van der Waals surface area contributed by atoms with Crippen LogP contribution in [0.2, 0.25) is 0 Å². The minimum absolute atomic E-state index is 0.349. The first-order valence-corrected chi connectivity index (χ1v) is 6.79. The van der Waals surface area contributed by atoms with Gasteiger partial charge in [-0.2, -0.15) is 0 Å². The summed E-state index contributed by atoms with van der Waals surface area (Å²) in [5, 5.41) is -0.445. The summed E-state index contributed by atoms with van der Waals surface area (Å²) in [4.78, 5) is 0. The highest BCUT2D eigenvalue weighted by Crippen LogP contribution is 2.38. The number of hydrogen-bond donors (Lipinski definition) is 0. The van der Waals surface area contributed by atoms with E-state index >= 15 is 0 Å². The van der Waals surface area contributed by atoms with Crippen molar-refractivity contribution in [2.75, 3.05) is 14.2 Å². The standard InChI is InChI=1S/C16H15ClF2O2/c1-20-15-5-3-4-11(16(15)21-2)12(17)8-10-6-7-13(18)14(19)9-10/h3-7,9,12H,8H2,1-2H3. The second-order valence-corrected chi connectivity index (χ2v) is 5.03. The van der Waals surface area contributed by atoms with Gasteiger partial charge in [-0.05, 0) is 30.2 Å². The third-order valence-corrected chi connectivity index (χ3v) is 3.56. The lowest BCUT2D eigenvalue weighted by Gasteiger charge is -2.16. The zero-order chi connectivity index (χ0) is 15.4. The van der Waals surface area contributed by atoms with E-state index in [0.717, 1.165) is 17.7 Å². The van der Waals surface area contributed by atoms with E-state index in [0.29, 0.717) is 23.5 Å². The van der Waals surface area contributed by atoms with Gasteiger partial charge >= 0.3 is 0 Å². The van der Waals surface area contributed by atoms with Crippen LogP contribution in [0.5, 0.6) is 11.5 Å². The van der Waals surface area contributed by atoms with E-state index in [1.165, 1.54) is 13.2 Å². The lowest BCUT2D eigenvalue weighted by atomic mass is 10.0. The number of hydrogen-bond acceptors (Lipinski definition) is 2. The summed E-state index contributed by atoms with van der Waals surface area (Å²) in [6.45, 7) is 0. The molecule has 0 amide bonds. The topological polar surface area (TPSA) is 18.5 Å². The van der Waals surface area contributed by atoms with Gasteiger partial charge in [-0.25, -0.2) is 8.78 Å². The molecule has 0 radical (unpaired) electrons. The number of para-hydroxylation sites is 1. The summed E-state index contributed by atoms with van der Waals surface area (Å²) in [7, 11) is 3.07. The summed E-state index contributed by atoms with van der Waals surface area (Å²) in [6, 6.07) is 9.15. The average molecular weight is 313 g/mol. The Balaban J connectivity index is 2.27. The fourth-order valence-electron chi connectivity index (χ4n) is 2.14. The number of alkyl halides is 1. The van der Waals surface area contributed by atoms with E-state index in [-0.39, 0.29) is 0 Å². The van der Waals surface area contributed by atoms with Gasteiger partial charge in [0.15, 0.2) is 23.1 Å². The van der Waals surface area contributed by atoms with Crippen LogP contribution in [0.25, 0.3) is 0 Å². The van der Waals surface area contributed by atoms with Crippen LogP contribution in [-0.4, -0.2) is 14.2 Å². The molecule has 21 heavy (non-hydrogen) atoms. The van der Waals surface area contributed by atoms with Crippen molar-refractivity contribution in [3.05, 3.63) is 59.2 Å². The summed E-state index contributed by atoms with van der Waals surface area (Å²) in [5.41, 5.74) is 1.35. The van der Waals surface area contributed by atoms with E-state index in [1.54, 1.807) is 19.2 Å². The first kappa shape index (κ1) is 15.6. The summed E-state index contributed by atoms with van der Waals surface area (Å²) in [6.07, 6.45) is 0.349. The third kappa shape index (κ3) is 3.45. The molecule has 0 fully saturated rings. The Hall–Kier alpha value is -1.81. The SMILES string of the molecule is COc1cccc(C(Cl)Cc2ccc(F)c(F)c2)c1OC. The van der Waals surface area contributed by atoms with E-state index in [1.807, 2.05) is 6.07 Å². The van der Waals surface area contributed by atoms with Crippen LogP contribution in [0.3, 0.4) is 0 Å². The molecule has 0 N–H and O–H groups in total. The van der Waals surface area contributed by atoms with Gasteiger partial charge in [0.2, 0.25) is 0 Å². The Kier molecular flexibility index (Phi) is 5.02. The molecule has 0 heterocycles. The number of ether oxygens (including phenoxy) is 2. The average Bonchev–Trinajstić information content (AvgIpc) is 2.49. The molecule has 1 unspecified atom stereocenters. The van der Waals surface area contributed by atoms with Crippen molar-refractivity contribution in [2.24, 2.45) is 0 Å². The van der Waals surface area contributed by atoms with Crippen molar-refractivity contribution in [3.63, 3.8) is 0 Å². The molecular formula is C16H15ClF2O2. The van der Waals surface area contributed by atoms with Crippen LogP contribution in [0, 0.1) is 11.6 Å². The maximum atomic E-state index is 13.2. The molecule has 0 aliphatic heterocycles. The zero-order valence-electron chi connectivity index (χ0n) is 11.7. The molecule has 2 aromatic rings. The highest BCUT2D eigenvalue weighted by Gasteiger charge is 2.18. The molecule has 1 atom stereocenters. The lowest BCUT2D eigenvalue weighted by molar-refractivity contribution is 0.351. The molecule has 0 spiro atoms. The summed E-state index contributed by atoms with van der Waals surface area (Å²) in [5.74, 6) is -0.633. The highest BCUT2D eigenvalue weighted by atomic mass is 35.5. The fourth-order valence-corrected chi connectivity index (χ4v) is 2.49. The molecule has 0 aliphatic carbocycles. The van der Waals surface area contributed by atoms with E-state index in [2.05, 4.69) is 0 Å². The van der Waals surface area contributed by atoms with Gasteiger partial charge in [0.1, 0.15) is 0 Å². The van der Waals surface area contributed by atoms with Crippen molar-refractivity contribution in [1.82, 2.24) is 0 Å². The van der Waals surface area contributed by atoms with Gasteiger partial charge in [-0.15, -0.1) is 11.6 Å². The predicted molar refractivity (Wildman–Crippen MR) is 78.2 cm³/mol. The molecule has 0 saturated carbocycles. The summed E-state index contributed by atoms with van der Waals surface area (Å²) >= 11 is 6.39. The highest BCUT2D eigenvalue weighted by molar-refractivity contribution is 6.21. The van der Waals surface area contributed by atoms with Crippen LogP contribution in [0.4, 0.5) is 8.78 Å². The normalized spacial score (nSPS) is 12.0. The van der Waals surface area contributed by atoms with Crippen LogP contribution in [0.1, 0.15) is 16.5 Å². The lowest BCUT2D eigenvalue weighted by Crippen LogP contribution is -2.01. The molecule has 112 valence electrons. The van der Waals surface area contributed by atoms with Crippen molar-refractivity contribution in [2.45, 2.75) is 11.8 Å². The van der Waals surface area contributed by atoms with Gasteiger partial charge in [-0.1, -0.05) is 18.2 Å². The fraction of sp³-hybridized carbons (Fsp3) is 0.250. The number of methoxy groups -OCH3 is 2. The minimum atomic E-state index is -0.881. The van der Waals surface area contributed by atoms with Crippen molar-refractivity contribution < 1.29 is 18.3 Å². The quantitative estimate of drug-likeness (QED) is 0.757. The van der Waals surface area contributed by atoms with E-state index in [9.17, 15) is 8.78 Å². The number of halogens is 3. The van der Waals surface area contributed by atoms with Crippen LogP contribution in [-0.2, 0) is 6.42 Å². The largest absolute Gasteiger partial charge is 0.493 e. The monoisotopic (exact) mass is 312 g/mol. The molecule has 0 saturated heterocycles. The Morgan fingerprint density at radius 1 is 1.05 bits per heavy atom. The minimum Gasteiger partial charge on any atom is -0.493 e. The van der Waals surface area contributed by atoms with Gasteiger partial charge < -0.3 is 9.47 Å².